The van der Waals surface area contributed by atoms with Crippen molar-refractivity contribution >= 4 is 129 Å². The summed E-state index contributed by atoms with van der Waals surface area (Å²) in [5.74, 6) is 7.29. The molecule has 0 aliphatic rings. The average molecular weight is 1390 g/mol. The summed E-state index contributed by atoms with van der Waals surface area (Å²) in [6.07, 6.45) is 46.6. The number of hydrogen-bond acceptors (Lipinski definition) is 0. The number of rotatable bonds is 46. The van der Waals surface area contributed by atoms with Crippen molar-refractivity contribution in [3.63, 3.8) is 0 Å². The van der Waals surface area contributed by atoms with Crippen LogP contribution in [0.3, 0.4) is 0 Å². The SMILES string of the molecule is CCCCCCCCCCCCc1cc2c3cc(CCC(C)CCCC(C)C)cc4c5cc(CCC(C)CCCC(C)C)cc6c7cc(CCC(C)CCCC(C)C)cc8c9cc(CCC(C)CCCC(C)C)cc%10c%11cc(CCC(C)CCCC(C)C)cc%12c(c1)c2c1c(c34)c(c56)c(c78)c(c%109)c1c%12%11. The van der Waals surface area contributed by atoms with Gasteiger partial charge in [-0.2, -0.15) is 0 Å². The van der Waals surface area contributed by atoms with Crippen LogP contribution in [0.1, 0.15) is 337 Å². The van der Waals surface area contributed by atoms with Gasteiger partial charge in [0.15, 0.2) is 0 Å². The summed E-state index contributed by atoms with van der Waals surface area (Å²) in [7, 11) is 0. The van der Waals surface area contributed by atoms with Gasteiger partial charge in [0, 0.05) is 0 Å². The lowest BCUT2D eigenvalue weighted by Crippen LogP contribution is -2.04. The Balaban J connectivity index is 1.13. The molecule has 13 rings (SSSR count). The first-order valence-corrected chi connectivity index (χ1v) is 44.5. The Bertz CT molecular complexity index is 4570. The molecule has 0 saturated heterocycles. The van der Waals surface area contributed by atoms with E-state index in [1.807, 2.05) is 0 Å². The quantitative estimate of drug-likeness (QED) is 0.0203. The van der Waals surface area contributed by atoms with Crippen LogP contribution in [0.4, 0.5) is 0 Å². The van der Waals surface area contributed by atoms with Crippen LogP contribution in [0.25, 0.3) is 129 Å². The lowest BCUT2D eigenvalue weighted by Gasteiger charge is -2.30. The van der Waals surface area contributed by atoms with Crippen molar-refractivity contribution in [2.24, 2.45) is 59.2 Å². The van der Waals surface area contributed by atoms with Crippen LogP contribution in [-0.2, 0) is 38.5 Å². The topological polar surface area (TPSA) is 0 Å². The first-order chi connectivity index (χ1) is 50.2. The van der Waals surface area contributed by atoms with E-state index in [0.717, 1.165) is 68.1 Å². The van der Waals surface area contributed by atoms with Crippen molar-refractivity contribution in [1.82, 2.24) is 0 Å². The molecule has 0 nitrogen and oxygen atoms in total. The van der Waals surface area contributed by atoms with Gasteiger partial charge in [-0.25, -0.2) is 0 Å². The highest BCUT2D eigenvalue weighted by molar-refractivity contribution is 6.61. The molecule has 104 heavy (non-hydrogen) atoms. The van der Waals surface area contributed by atoms with Gasteiger partial charge < -0.3 is 0 Å². The first-order valence-electron chi connectivity index (χ1n) is 44.5. The standard InChI is InChI=1S/C104H142/c1-17-18-19-20-21-22-23-24-25-26-42-75-53-81-83-55-76(48-43-70(12)37-27-32-65(2)3)57-85-87-59-78(50-45-72(14)39-29-34-67(6)7)61-89-91-63-80(52-47-74(16)41-31-36-69(10)11)64-92-90-62-79(51-46-73(15)40-30-35-68(8)9)60-88-86-58-77(49-44-71(13)38-28-33-66(4)5)56-84-82(54-75)93(81)99-100(94(83)85)102(96(87)89)104(98(91)92)103(97(88)90)101(99)95(84)86/h53-74H,17-52H2,1-16H3. The molecule has 0 bridgehead atoms. The first kappa shape index (κ1) is 76.7. The Morgan fingerprint density at radius 2 is 0.327 bits per heavy atom. The van der Waals surface area contributed by atoms with Crippen LogP contribution >= 0.6 is 0 Å². The van der Waals surface area contributed by atoms with Gasteiger partial charge in [0.05, 0.1) is 0 Å². The third kappa shape index (κ3) is 16.7. The van der Waals surface area contributed by atoms with Crippen LogP contribution < -0.4 is 0 Å². The summed E-state index contributed by atoms with van der Waals surface area (Å²) in [6.45, 7) is 39.3. The zero-order valence-corrected chi connectivity index (χ0v) is 69.2. The smallest absolute Gasteiger partial charge is 0.0000472 e. The fourth-order valence-electron chi connectivity index (χ4n) is 20.5. The molecule has 0 radical (unpaired) electrons. The molecule has 5 atom stereocenters. The van der Waals surface area contributed by atoms with E-state index < -0.39 is 0 Å². The van der Waals surface area contributed by atoms with Gasteiger partial charge in [-0.15, -0.1) is 0 Å². The number of aryl methyl sites for hydroxylation is 6. The Labute approximate surface area is 632 Å². The van der Waals surface area contributed by atoms with Crippen molar-refractivity contribution in [2.75, 3.05) is 0 Å². The largest absolute Gasteiger partial charge is 0.0654 e. The average Bonchev–Trinajstić information content (AvgIpc) is 0.643. The van der Waals surface area contributed by atoms with Crippen molar-refractivity contribution in [1.29, 1.82) is 0 Å². The minimum absolute atomic E-state index is 0.694. The van der Waals surface area contributed by atoms with Crippen molar-refractivity contribution in [3.8, 4) is 0 Å². The number of hydrogen-bond donors (Lipinski definition) is 0. The van der Waals surface area contributed by atoms with Gasteiger partial charge in [0.25, 0.3) is 0 Å². The summed E-state index contributed by atoms with van der Waals surface area (Å²) in [5.41, 5.74) is 9.33. The second kappa shape index (κ2) is 34.4. The molecule has 0 aliphatic carbocycles. The monoisotopic (exact) mass is 1390 g/mol. The predicted molar refractivity (Wildman–Crippen MR) is 470 cm³/mol. The van der Waals surface area contributed by atoms with Gasteiger partial charge in [0.2, 0.25) is 0 Å². The molecule has 5 unspecified atom stereocenters. The van der Waals surface area contributed by atoms with E-state index in [2.05, 4.69) is 184 Å². The van der Waals surface area contributed by atoms with Crippen LogP contribution in [0.2, 0.25) is 0 Å². The zero-order valence-electron chi connectivity index (χ0n) is 69.2. The fraction of sp³-hybridized carbons (Fsp3) is 0.596. The molecule has 0 heterocycles. The van der Waals surface area contributed by atoms with Gasteiger partial charge >= 0.3 is 0 Å². The van der Waals surface area contributed by atoms with Crippen molar-refractivity contribution < 1.29 is 0 Å². The van der Waals surface area contributed by atoms with E-state index >= 15 is 0 Å². The van der Waals surface area contributed by atoms with Crippen molar-refractivity contribution in [2.45, 2.75) is 342 Å². The molecule has 0 spiro atoms. The highest BCUT2D eigenvalue weighted by Gasteiger charge is 2.33. The molecular weight excluding hydrogens is 1250 g/mol. The Kier molecular flexibility index (Phi) is 25.4. The van der Waals surface area contributed by atoms with E-state index in [1.54, 1.807) is 98.0 Å². The van der Waals surface area contributed by atoms with Gasteiger partial charge in [0.1, 0.15) is 0 Å². The van der Waals surface area contributed by atoms with Crippen LogP contribution in [0.15, 0.2) is 72.8 Å². The van der Waals surface area contributed by atoms with Crippen LogP contribution in [0, 0.1) is 59.2 Å². The van der Waals surface area contributed by atoms with Gasteiger partial charge in [-0.1, -0.05) is 338 Å². The molecule has 0 aromatic heterocycles. The second-order valence-corrected chi connectivity index (χ2v) is 38.4. The molecule has 0 aliphatic heterocycles. The second-order valence-electron chi connectivity index (χ2n) is 38.4. The minimum atomic E-state index is 0.694. The zero-order chi connectivity index (χ0) is 73.0. The highest BCUT2D eigenvalue weighted by Crippen LogP contribution is 2.61. The number of unbranched alkanes of at least 4 members (excludes halogenated alkanes) is 9. The molecule has 0 heteroatoms. The maximum atomic E-state index is 2.80. The molecule has 0 amide bonds. The molecule has 13 aromatic rings. The summed E-state index contributed by atoms with van der Waals surface area (Å²) in [4.78, 5) is 0. The van der Waals surface area contributed by atoms with Crippen LogP contribution in [0.5, 0.6) is 0 Å². The predicted octanol–water partition coefficient (Wildman–Crippen LogP) is 33.6. The summed E-state index contributed by atoms with van der Waals surface area (Å²) in [6, 6.07) is 33.6. The van der Waals surface area contributed by atoms with E-state index in [1.165, 1.54) is 257 Å². The summed E-state index contributed by atoms with van der Waals surface area (Å²) >= 11 is 0. The molecule has 0 N–H and O–H groups in total. The summed E-state index contributed by atoms with van der Waals surface area (Å²) in [5, 5.41) is 37.2. The number of fused-ring (bicyclic) bond motifs is 6. The minimum Gasteiger partial charge on any atom is -0.0654 e. The molecule has 0 saturated carbocycles. The molecular formula is C104H142. The Morgan fingerprint density at radius 3 is 0.500 bits per heavy atom. The van der Waals surface area contributed by atoms with E-state index in [-0.39, 0.29) is 0 Å². The molecule has 0 fully saturated rings. The normalized spacial score (nSPS) is 14.6. The Hall–Kier alpha value is -5.46. The van der Waals surface area contributed by atoms with Crippen LogP contribution in [-0.4, -0.2) is 0 Å². The van der Waals surface area contributed by atoms with E-state index in [9.17, 15) is 0 Å². The van der Waals surface area contributed by atoms with E-state index in [4.69, 9.17) is 0 Å². The molecule has 13 aromatic carbocycles. The third-order valence-corrected chi connectivity index (χ3v) is 26.8. The fourth-order valence-corrected chi connectivity index (χ4v) is 20.5. The molecule has 558 valence electrons. The lowest BCUT2D eigenvalue weighted by atomic mass is 9.72. The maximum absolute atomic E-state index is 2.80. The van der Waals surface area contributed by atoms with E-state index in [0.29, 0.717) is 29.6 Å². The Morgan fingerprint density at radius 1 is 0.163 bits per heavy atom. The maximum Gasteiger partial charge on any atom is -0.0000472 e. The summed E-state index contributed by atoms with van der Waals surface area (Å²) < 4.78 is 0. The number of benzene rings is 13. The third-order valence-electron chi connectivity index (χ3n) is 26.8. The lowest BCUT2D eigenvalue weighted by molar-refractivity contribution is 0.437. The van der Waals surface area contributed by atoms with Gasteiger partial charge in [-0.3, -0.25) is 0 Å². The van der Waals surface area contributed by atoms with Crippen molar-refractivity contribution in [3.05, 3.63) is 106 Å². The highest BCUT2D eigenvalue weighted by atomic mass is 14.4. The van der Waals surface area contributed by atoms with Gasteiger partial charge in [-0.05, 0) is 299 Å².